The average molecular weight is 435 g/mol. The van der Waals surface area contributed by atoms with Gasteiger partial charge in [-0.15, -0.1) is 10.2 Å². The average Bonchev–Trinajstić information content (AvgIpc) is 3.45. The van der Waals surface area contributed by atoms with Crippen LogP contribution in [0.3, 0.4) is 0 Å². The van der Waals surface area contributed by atoms with Crippen LogP contribution in [0.4, 0.5) is 0 Å². The summed E-state index contributed by atoms with van der Waals surface area (Å²) < 4.78 is 11.5. The first-order chi connectivity index (χ1) is 15.5. The topological polar surface area (TPSA) is 71.7 Å². The van der Waals surface area contributed by atoms with Gasteiger partial charge < -0.3 is 19.0 Å². The molecule has 2 atom stereocenters. The summed E-state index contributed by atoms with van der Waals surface area (Å²) in [4.78, 5) is 17.2. The Morgan fingerprint density at radius 3 is 2.59 bits per heavy atom. The Bertz CT molecular complexity index is 1030. The van der Waals surface area contributed by atoms with Gasteiger partial charge in [-0.1, -0.05) is 36.4 Å². The van der Waals surface area contributed by atoms with Crippen molar-refractivity contribution in [1.82, 2.24) is 20.0 Å². The van der Waals surface area contributed by atoms with Gasteiger partial charge in [-0.25, -0.2) is 0 Å². The van der Waals surface area contributed by atoms with Gasteiger partial charge in [0.15, 0.2) is 0 Å². The molecule has 0 unspecified atom stereocenters. The van der Waals surface area contributed by atoms with Gasteiger partial charge in [0, 0.05) is 37.5 Å². The van der Waals surface area contributed by atoms with E-state index in [-0.39, 0.29) is 17.7 Å². The van der Waals surface area contributed by atoms with Crippen LogP contribution in [0.5, 0.6) is 5.75 Å². The highest BCUT2D eigenvalue weighted by Crippen LogP contribution is 2.34. The van der Waals surface area contributed by atoms with Crippen LogP contribution in [0.2, 0.25) is 0 Å². The molecular formula is C25H30N4O3. The zero-order valence-electron chi connectivity index (χ0n) is 18.9. The monoisotopic (exact) mass is 434 g/mol. The normalized spacial score (nSPS) is 18.3. The molecule has 1 aromatic heterocycles. The molecular weight excluding hydrogens is 404 g/mol. The molecule has 32 heavy (non-hydrogen) atoms. The summed E-state index contributed by atoms with van der Waals surface area (Å²) in [6.45, 7) is 2.14. The second-order valence-electron chi connectivity index (χ2n) is 8.55. The summed E-state index contributed by atoms with van der Waals surface area (Å²) in [5.74, 6) is 2.36. The Kier molecular flexibility index (Phi) is 6.85. The lowest BCUT2D eigenvalue weighted by Gasteiger charge is -2.19. The van der Waals surface area contributed by atoms with Gasteiger partial charge >= 0.3 is 0 Å². The van der Waals surface area contributed by atoms with Gasteiger partial charge in [-0.2, -0.15) is 0 Å². The minimum atomic E-state index is 0.0255. The number of para-hydroxylation sites is 1. The zero-order chi connectivity index (χ0) is 22.5. The predicted molar refractivity (Wildman–Crippen MR) is 122 cm³/mol. The number of methoxy groups -OCH3 is 1. The lowest BCUT2D eigenvalue weighted by Crippen LogP contribution is -2.30. The third-order valence-electron chi connectivity index (χ3n) is 5.97. The Hall–Kier alpha value is -3.19. The van der Waals surface area contributed by atoms with Crippen LogP contribution in [0.25, 0.3) is 11.5 Å². The molecule has 1 aliphatic rings. The molecule has 0 spiro atoms. The van der Waals surface area contributed by atoms with Crippen LogP contribution in [0.15, 0.2) is 59.0 Å². The molecule has 7 nitrogen and oxygen atoms in total. The van der Waals surface area contributed by atoms with Crippen molar-refractivity contribution in [1.29, 1.82) is 0 Å². The third kappa shape index (κ3) is 4.99. The summed E-state index contributed by atoms with van der Waals surface area (Å²) in [6, 6.07) is 17.6. The number of aromatic nitrogens is 2. The number of rotatable bonds is 8. The first-order valence-corrected chi connectivity index (χ1v) is 11.0. The summed E-state index contributed by atoms with van der Waals surface area (Å²) in [5, 5.41) is 8.61. The van der Waals surface area contributed by atoms with Crippen LogP contribution < -0.4 is 4.74 Å². The van der Waals surface area contributed by atoms with Crippen molar-refractivity contribution in [3.63, 3.8) is 0 Å². The van der Waals surface area contributed by atoms with Gasteiger partial charge in [0.05, 0.1) is 13.0 Å². The van der Waals surface area contributed by atoms with E-state index in [1.165, 1.54) is 0 Å². The van der Waals surface area contributed by atoms with E-state index >= 15 is 0 Å². The molecule has 1 aliphatic heterocycles. The van der Waals surface area contributed by atoms with E-state index in [0.29, 0.717) is 37.7 Å². The molecule has 0 bridgehead atoms. The quantitative estimate of drug-likeness (QED) is 0.541. The Morgan fingerprint density at radius 1 is 1.09 bits per heavy atom. The van der Waals surface area contributed by atoms with Crippen molar-refractivity contribution >= 4 is 5.91 Å². The highest BCUT2D eigenvalue weighted by Gasteiger charge is 2.39. The number of amides is 1. The maximum Gasteiger partial charge on any atom is 0.247 e. The standard InChI is InChI=1S/C25H30N4O3/c1-28(2)15-20-16-29(23(30)14-13-18-9-7-8-12-22(18)31-3)17-21(20)25-27-26-24(32-25)19-10-5-4-6-11-19/h4-12,20-21H,13-17H2,1-3H3/t20-,21-/m0/s1. The number of likely N-dealkylation sites (tertiary alicyclic amines) is 1. The maximum absolute atomic E-state index is 13.1. The van der Waals surface area contributed by atoms with Gasteiger partial charge in [0.2, 0.25) is 17.7 Å². The van der Waals surface area contributed by atoms with Crippen molar-refractivity contribution < 1.29 is 13.9 Å². The summed E-state index contributed by atoms with van der Waals surface area (Å²) in [6.07, 6.45) is 1.10. The molecule has 0 N–H and O–H groups in total. The molecule has 168 valence electrons. The Labute approximate surface area is 189 Å². The molecule has 3 aromatic rings. The van der Waals surface area contributed by atoms with Crippen molar-refractivity contribution in [3.05, 3.63) is 66.1 Å². The Balaban J connectivity index is 1.46. The third-order valence-corrected chi connectivity index (χ3v) is 5.97. The van der Waals surface area contributed by atoms with Crippen molar-refractivity contribution in [2.45, 2.75) is 18.8 Å². The first-order valence-electron chi connectivity index (χ1n) is 11.0. The maximum atomic E-state index is 13.1. The van der Waals surface area contributed by atoms with E-state index < -0.39 is 0 Å². The summed E-state index contributed by atoms with van der Waals surface area (Å²) in [7, 11) is 5.75. The lowest BCUT2D eigenvalue weighted by atomic mass is 9.95. The molecule has 1 fully saturated rings. The highest BCUT2D eigenvalue weighted by atomic mass is 16.5. The molecule has 1 amide bonds. The highest BCUT2D eigenvalue weighted by molar-refractivity contribution is 5.77. The number of nitrogens with zero attached hydrogens (tertiary/aromatic N) is 4. The zero-order valence-corrected chi connectivity index (χ0v) is 18.9. The number of ether oxygens (including phenoxy) is 1. The second kappa shape index (κ2) is 9.96. The molecule has 0 saturated carbocycles. The SMILES string of the molecule is COc1ccccc1CCC(=O)N1C[C@H](CN(C)C)[C@@H](c2nnc(-c3ccccc3)o2)C1. The second-order valence-corrected chi connectivity index (χ2v) is 8.55. The molecule has 0 radical (unpaired) electrons. The van der Waals surface area contributed by atoms with E-state index in [1.54, 1.807) is 7.11 Å². The summed E-state index contributed by atoms with van der Waals surface area (Å²) >= 11 is 0. The van der Waals surface area contributed by atoms with E-state index in [9.17, 15) is 4.79 Å². The molecule has 1 saturated heterocycles. The minimum absolute atomic E-state index is 0.0255. The number of aryl methyl sites for hydroxylation is 1. The number of carbonyl (C=O) groups is 1. The lowest BCUT2D eigenvalue weighted by molar-refractivity contribution is -0.130. The van der Waals surface area contributed by atoms with E-state index in [1.807, 2.05) is 73.6 Å². The van der Waals surface area contributed by atoms with E-state index in [0.717, 1.165) is 23.4 Å². The fourth-order valence-electron chi connectivity index (χ4n) is 4.40. The van der Waals surface area contributed by atoms with Gasteiger partial charge in [0.1, 0.15) is 5.75 Å². The van der Waals surface area contributed by atoms with Crippen LogP contribution in [-0.2, 0) is 11.2 Å². The Morgan fingerprint density at radius 2 is 1.84 bits per heavy atom. The summed E-state index contributed by atoms with van der Waals surface area (Å²) in [5.41, 5.74) is 1.95. The van der Waals surface area contributed by atoms with Gasteiger partial charge in [-0.3, -0.25) is 4.79 Å². The molecule has 0 aliphatic carbocycles. The van der Waals surface area contributed by atoms with Crippen molar-refractivity contribution in [2.24, 2.45) is 5.92 Å². The largest absolute Gasteiger partial charge is 0.496 e. The fourth-order valence-corrected chi connectivity index (χ4v) is 4.40. The van der Waals surface area contributed by atoms with Crippen molar-refractivity contribution in [3.8, 4) is 17.2 Å². The molecule has 2 heterocycles. The molecule has 4 rings (SSSR count). The van der Waals surface area contributed by atoms with Gasteiger partial charge in [0.25, 0.3) is 0 Å². The van der Waals surface area contributed by atoms with Crippen LogP contribution in [-0.4, -0.2) is 66.7 Å². The number of carbonyl (C=O) groups excluding carboxylic acids is 1. The predicted octanol–water partition coefficient (Wildman–Crippen LogP) is 3.48. The van der Waals surface area contributed by atoms with Crippen LogP contribution in [0, 0.1) is 5.92 Å². The first kappa shape index (κ1) is 22.0. The van der Waals surface area contributed by atoms with Crippen LogP contribution in [0.1, 0.15) is 23.8 Å². The van der Waals surface area contributed by atoms with Gasteiger partial charge in [-0.05, 0) is 44.3 Å². The van der Waals surface area contributed by atoms with E-state index in [4.69, 9.17) is 9.15 Å². The number of hydrogen-bond acceptors (Lipinski definition) is 6. The smallest absolute Gasteiger partial charge is 0.247 e. The molecule has 7 heteroatoms. The number of benzene rings is 2. The van der Waals surface area contributed by atoms with Crippen molar-refractivity contribution in [2.75, 3.05) is 40.8 Å². The van der Waals surface area contributed by atoms with Crippen LogP contribution >= 0.6 is 0 Å². The fraction of sp³-hybridized carbons (Fsp3) is 0.400. The van der Waals surface area contributed by atoms with E-state index in [2.05, 4.69) is 15.1 Å². The number of hydrogen-bond donors (Lipinski definition) is 0. The minimum Gasteiger partial charge on any atom is -0.496 e. The molecule has 2 aromatic carbocycles.